The van der Waals surface area contributed by atoms with Crippen LogP contribution in [-0.2, 0) is 0 Å². The van der Waals surface area contributed by atoms with Gasteiger partial charge in [0, 0.05) is 37.2 Å². The van der Waals surface area contributed by atoms with Crippen LogP contribution in [0.25, 0.3) is 0 Å². The van der Waals surface area contributed by atoms with Crippen molar-refractivity contribution in [1.29, 1.82) is 0 Å². The van der Waals surface area contributed by atoms with Crippen molar-refractivity contribution in [2.45, 2.75) is 44.4 Å². The van der Waals surface area contributed by atoms with Gasteiger partial charge in [0.1, 0.15) is 24.1 Å². The molecule has 1 saturated carbocycles. The van der Waals surface area contributed by atoms with Gasteiger partial charge in [-0.25, -0.2) is 15.0 Å². The molecule has 11 nitrogen and oxygen atoms in total. The summed E-state index contributed by atoms with van der Waals surface area (Å²) in [4.78, 5) is 19.9. The maximum Gasteiger partial charge on any atom is 0.257 e. The van der Waals surface area contributed by atoms with E-state index in [-0.39, 0.29) is 6.10 Å². The number of pyridine rings is 2. The number of hydrogen-bond donors (Lipinski definition) is 2. The summed E-state index contributed by atoms with van der Waals surface area (Å²) < 4.78 is 23.2. The number of hydrogen-bond acceptors (Lipinski definition) is 11. The van der Waals surface area contributed by atoms with Crippen molar-refractivity contribution in [2.24, 2.45) is 0 Å². The second-order valence-electron chi connectivity index (χ2n) is 9.75. The van der Waals surface area contributed by atoms with E-state index in [1.807, 2.05) is 26.0 Å². The molecule has 0 amide bonds. The summed E-state index contributed by atoms with van der Waals surface area (Å²) in [5.74, 6) is 3.09. The van der Waals surface area contributed by atoms with Gasteiger partial charge in [-0.3, -0.25) is 0 Å². The molecular formula is C25H31N7O4. The maximum atomic E-state index is 6.04. The summed E-state index contributed by atoms with van der Waals surface area (Å²) in [5.41, 5.74) is 0.995. The standard InChI is InChI=1S/C25H31N7O4/c1-25(2)14-34-20-9-15(12-28-23(20)36-25)29-21-6-7-26-24(31-21)30-16-8-19(33-5)22(27-13-16)35-18-10-17(11-18)32(3)4/h6-9,12-13,17-18H,10-11,14H2,1-5H3,(H2,26,29,30,31). The molecule has 0 atom stereocenters. The van der Waals surface area contributed by atoms with Gasteiger partial charge in [-0.15, -0.1) is 0 Å². The zero-order valence-corrected chi connectivity index (χ0v) is 21.1. The lowest BCUT2D eigenvalue weighted by atomic mass is 9.88. The van der Waals surface area contributed by atoms with Gasteiger partial charge in [0.15, 0.2) is 11.5 Å². The Morgan fingerprint density at radius 1 is 1.06 bits per heavy atom. The summed E-state index contributed by atoms with van der Waals surface area (Å²) in [6.07, 6.45) is 7.10. The SMILES string of the molecule is COc1cc(Nc2nccc(Nc3cnc4c(c3)OCC(C)(C)O4)n2)cnc1OC1CC(N(C)C)C1. The van der Waals surface area contributed by atoms with Gasteiger partial charge in [0.05, 0.1) is 30.9 Å². The summed E-state index contributed by atoms with van der Waals surface area (Å²) in [6, 6.07) is 5.97. The second kappa shape index (κ2) is 9.65. The van der Waals surface area contributed by atoms with Crippen LogP contribution in [0.3, 0.4) is 0 Å². The van der Waals surface area contributed by atoms with Crippen LogP contribution in [0.15, 0.2) is 36.8 Å². The number of ether oxygens (including phenoxy) is 4. The highest BCUT2D eigenvalue weighted by molar-refractivity contribution is 5.62. The molecule has 0 radical (unpaired) electrons. The van der Waals surface area contributed by atoms with E-state index in [1.54, 1.807) is 31.8 Å². The summed E-state index contributed by atoms with van der Waals surface area (Å²) >= 11 is 0. The molecule has 1 aliphatic carbocycles. The van der Waals surface area contributed by atoms with Crippen molar-refractivity contribution in [1.82, 2.24) is 24.8 Å². The van der Waals surface area contributed by atoms with E-state index in [9.17, 15) is 0 Å². The van der Waals surface area contributed by atoms with E-state index in [2.05, 4.69) is 49.6 Å². The Balaban J connectivity index is 1.24. The fourth-order valence-corrected chi connectivity index (χ4v) is 3.94. The predicted octanol–water partition coefficient (Wildman–Crippen LogP) is 3.78. The Morgan fingerprint density at radius 3 is 2.61 bits per heavy atom. The minimum Gasteiger partial charge on any atom is -0.491 e. The van der Waals surface area contributed by atoms with Crippen molar-refractivity contribution in [2.75, 3.05) is 38.4 Å². The number of fused-ring (bicyclic) bond motifs is 1. The molecule has 0 unspecified atom stereocenters. The highest BCUT2D eigenvalue weighted by Gasteiger charge is 2.33. The van der Waals surface area contributed by atoms with E-state index in [1.165, 1.54) is 0 Å². The Labute approximate surface area is 210 Å². The molecule has 0 saturated heterocycles. The fourth-order valence-electron chi connectivity index (χ4n) is 3.94. The van der Waals surface area contributed by atoms with Gasteiger partial charge in [0.2, 0.25) is 5.95 Å². The van der Waals surface area contributed by atoms with Crippen LogP contribution < -0.4 is 29.6 Å². The normalized spacial score (nSPS) is 19.8. The molecule has 2 aliphatic rings. The first-order chi connectivity index (χ1) is 17.3. The average Bonchev–Trinajstić information content (AvgIpc) is 2.81. The molecule has 3 aromatic rings. The van der Waals surface area contributed by atoms with Crippen molar-refractivity contribution in [3.8, 4) is 23.3 Å². The molecular weight excluding hydrogens is 462 g/mol. The van der Waals surface area contributed by atoms with Gasteiger partial charge in [-0.1, -0.05) is 0 Å². The number of anilines is 4. The first kappa shape index (κ1) is 23.9. The Hall–Kier alpha value is -3.86. The van der Waals surface area contributed by atoms with Crippen LogP contribution in [0, 0.1) is 0 Å². The van der Waals surface area contributed by atoms with Crippen molar-refractivity contribution >= 4 is 23.1 Å². The zero-order chi connectivity index (χ0) is 25.3. The second-order valence-corrected chi connectivity index (χ2v) is 9.75. The van der Waals surface area contributed by atoms with Gasteiger partial charge in [0.25, 0.3) is 11.8 Å². The number of rotatable bonds is 8. The molecule has 190 valence electrons. The topological polar surface area (TPSA) is 116 Å². The highest BCUT2D eigenvalue weighted by atomic mass is 16.6. The van der Waals surface area contributed by atoms with Gasteiger partial charge in [-0.2, -0.15) is 4.98 Å². The molecule has 0 aromatic carbocycles. The summed E-state index contributed by atoms with van der Waals surface area (Å²) in [7, 11) is 5.77. The minimum atomic E-state index is -0.406. The number of nitrogens with one attached hydrogen (secondary N) is 2. The molecule has 0 bridgehead atoms. The third kappa shape index (κ3) is 5.35. The van der Waals surface area contributed by atoms with Crippen LogP contribution in [0.5, 0.6) is 23.3 Å². The Kier molecular flexibility index (Phi) is 6.40. The first-order valence-electron chi connectivity index (χ1n) is 11.8. The predicted molar refractivity (Wildman–Crippen MR) is 135 cm³/mol. The molecule has 3 aromatic heterocycles. The number of nitrogens with zero attached hydrogens (tertiary/aromatic N) is 5. The lowest BCUT2D eigenvalue weighted by Gasteiger charge is -2.39. The summed E-state index contributed by atoms with van der Waals surface area (Å²) in [5, 5.41) is 6.39. The van der Waals surface area contributed by atoms with E-state index >= 15 is 0 Å². The largest absolute Gasteiger partial charge is 0.491 e. The molecule has 36 heavy (non-hydrogen) atoms. The van der Waals surface area contributed by atoms with Crippen molar-refractivity contribution in [3.63, 3.8) is 0 Å². The van der Waals surface area contributed by atoms with Crippen molar-refractivity contribution < 1.29 is 18.9 Å². The minimum absolute atomic E-state index is 0.144. The fraction of sp³-hybridized carbons (Fsp3) is 0.440. The van der Waals surface area contributed by atoms with Crippen LogP contribution in [-0.4, -0.2) is 70.4 Å². The number of aromatic nitrogens is 4. The number of methoxy groups -OCH3 is 1. The first-order valence-corrected chi connectivity index (χ1v) is 11.8. The van der Waals surface area contributed by atoms with Crippen LogP contribution in [0.2, 0.25) is 0 Å². The third-order valence-corrected chi connectivity index (χ3v) is 6.07. The summed E-state index contributed by atoms with van der Waals surface area (Å²) in [6.45, 7) is 4.37. The maximum absolute atomic E-state index is 6.04. The van der Waals surface area contributed by atoms with E-state index in [0.29, 0.717) is 53.4 Å². The lowest BCUT2D eigenvalue weighted by Crippen LogP contribution is -2.46. The smallest absolute Gasteiger partial charge is 0.257 e. The molecule has 1 fully saturated rings. The Bertz CT molecular complexity index is 1230. The quantitative estimate of drug-likeness (QED) is 0.477. The molecule has 5 rings (SSSR count). The molecule has 2 N–H and O–H groups in total. The van der Waals surface area contributed by atoms with Crippen molar-refractivity contribution in [3.05, 3.63) is 36.8 Å². The van der Waals surface area contributed by atoms with E-state index in [0.717, 1.165) is 18.5 Å². The Morgan fingerprint density at radius 2 is 1.83 bits per heavy atom. The van der Waals surface area contributed by atoms with E-state index < -0.39 is 5.60 Å². The average molecular weight is 494 g/mol. The molecule has 0 spiro atoms. The van der Waals surface area contributed by atoms with Crippen LogP contribution >= 0.6 is 0 Å². The molecule has 4 heterocycles. The zero-order valence-electron chi connectivity index (χ0n) is 21.1. The molecule has 1 aliphatic heterocycles. The lowest BCUT2D eigenvalue weighted by molar-refractivity contribution is 0.0163. The van der Waals surface area contributed by atoms with Gasteiger partial charge < -0.3 is 34.5 Å². The highest BCUT2D eigenvalue weighted by Crippen LogP contribution is 2.36. The van der Waals surface area contributed by atoms with Gasteiger partial charge >= 0.3 is 0 Å². The van der Waals surface area contributed by atoms with Crippen LogP contribution in [0.4, 0.5) is 23.1 Å². The third-order valence-electron chi connectivity index (χ3n) is 6.07. The van der Waals surface area contributed by atoms with Gasteiger partial charge in [-0.05, 0) is 34.0 Å². The molecule has 11 heteroatoms. The monoisotopic (exact) mass is 493 g/mol. The van der Waals surface area contributed by atoms with E-state index in [4.69, 9.17) is 18.9 Å². The van der Waals surface area contributed by atoms with Crippen LogP contribution in [0.1, 0.15) is 26.7 Å².